The third-order valence-electron chi connectivity index (χ3n) is 3.54. The highest BCUT2D eigenvalue weighted by Crippen LogP contribution is 2.21. The molecule has 1 saturated heterocycles. The Morgan fingerprint density at radius 1 is 1.20 bits per heavy atom. The van der Waals surface area contributed by atoms with Crippen LogP contribution in [0.5, 0.6) is 0 Å². The third-order valence-corrected chi connectivity index (χ3v) is 3.54. The van der Waals surface area contributed by atoms with Gasteiger partial charge in [-0.25, -0.2) is 0 Å². The number of nitrogens with zero attached hydrogens (tertiary/aromatic N) is 1. The summed E-state index contributed by atoms with van der Waals surface area (Å²) in [5.41, 5.74) is 0. The highest BCUT2D eigenvalue weighted by atomic mass is 16.5. The van der Waals surface area contributed by atoms with E-state index in [4.69, 9.17) is 9.47 Å². The number of methoxy groups -OCH3 is 1. The average Bonchev–Trinajstić information content (AvgIpc) is 2.67. The zero-order chi connectivity index (χ0) is 15.1. The van der Waals surface area contributed by atoms with Gasteiger partial charge in [-0.2, -0.15) is 0 Å². The monoisotopic (exact) mass is 286 g/mol. The predicted molar refractivity (Wildman–Crippen MR) is 79.4 cm³/mol. The van der Waals surface area contributed by atoms with E-state index in [9.17, 15) is 4.79 Å². The molecule has 0 spiro atoms. The first-order valence-corrected chi connectivity index (χ1v) is 7.60. The van der Waals surface area contributed by atoms with E-state index < -0.39 is 0 Å². The van der Waals surface area contributed by atoms with Gasteiger partial charge in [-0.3, -0.25) is 10.1 Å². The molecule has 1 N–H and O–H groups in total. The average molecular weight is 286 g/mol. The van der Waals surface area contributed by atoms with E-state index in [-0.39, 0.29) is 18.1 Å². The summed E-state index contributed by atoms with van der Waals surface area (Å²) >= 11 is 0. The third kappa shape index (κ3) is 5.04. The van der Waals surface area contributed by atoms with Crippen molar-refractivity contribution in [3.8, 4) is 0 Å². The van der Waals surface area contributed by atoms with Crippen LogP contribution >= 0.6 is 0 Å². The molecule has 0 saturated carbocycles. The van der Waals surface area contributed by atoms with Crippen molar-refractivity contribution in [2.45, 2.75) is 46.3 Å². The molecular formula is C15H30N2O3. The van der Waals surface area contributed by atoms with Crippen LogP contribution in [0, 0.1) is 11.8 Å². The van der Waals surface area contributed by atoms with E-state index in [1.54, 1.807) is 7.11 Å². The fourth-order valence-corrected chi connectivity index (χ4v) is 2.55. The molecule has 2 atom stereocenters. The molecule has 2 unspecified atom stereocenters. The van der Waals surface area contributed by atoms with Crippen molar-refractivity contribution in [3.05, 3.63) is 0 Å². The van der Waals surface area contributed by atoms with Crippen molar-refractivity contribution >= 4 is 5.91 Å². The van der Waals surface area contributed by atoms with Crippen LogP contribution in [-0.2, 0) is 14.3 Å². The number of ether oxygens (including phenoxy) is 2. The van der Waals surface area contributed by atoms with Gasteiger partial charge >= 0.3 is 0 Å². The van der Waals surface area contributed by atoms with Crippen molar-refractivity contribution in [2.24, 2.45) is 11.8 Å². The summed E-state index contributed by atoms with van der Waals surface area (Å²) in [5.74, 6) is 1.13. The minimum Gasteiger partial charge on any atom is -0.382 e. The SMILES string of the molecule is COCCOCCN1C(=O)C(CC(C)C)NC1C(C)C. The highest BCUT2D eigenvalue weighted by molar-refractivity contribution is 5.84. The summed E-state index contributed by atoms with van der Waals surface area (Å²) in [4.78, 5) is 14.4. The molecule has 5 nitrogen and oxygen atoms in total. The maximum absolute atomic E-state index is 12.5. The molecule has 20 heavy (non-hydrogen) atoms. The van der Waals surface area contributed by atoms with E-state index in [1.165, 1.54) is 0 Å². The van der Waals surface area contributed by atoms with Gasteiger partial charge in [-0.15, -0.1) is 0 Å². The highest BCUT2D eigenvalue weighted by Gasteiger charge is 2.39. The molecule has 1 aliphatic heterocycles. The molecule has 1 amide bonds. The Balaban J connectivity index is 2.49. The van der Waals surface area contributed by atoms with Gasteiger partial charge in [0.2, 0.25) is 5.91 Å². The molecule has 0 radical (unpaired) electrons. The van der Waals surface area contributed by atoms with Gasteiger partial charge in [-0.1, -0.05) is 27.7 Å². The summed E-state index contributed by atoms with van der Waals surface area (Å²) < 4.78 is 10.4. The molecule has 1 fully saturated rings. The van der Waals surface area contributed by atoms with Crippen LogP contribution in [0.1, 0.15) is 34.1 Å². The quantitative estimate of drug-likeness (QED) is 0.652. The molecule has 0 aromatic rings. The smallest absolute Gasteiger partial charge is 0.241 e. The van der Waals surface area contributed by atoms with Crippen LogP contribution in [0.25, 0.3) is 0 Å². The number of nitrogens with one attached hydrogen (secondary N) is 1. The van der Waals surface area contributed by atoms with Gasteiger partial charge < -0.3 is 14.4 Å². The number of hydrogen-bond donors (Lipinski definition) is 1. The molecule has 5 heteroatoms. The second-order valence-electron chi connectivity index (χ2n) is 6.17. The second kappa shape index (κ2) is 8.60. The predicted octanol–water partition coefficient (Wildman–Crippen LogP) is 1.48. The van der Waals surface area contributed by atoms with Gasteiger partial charge in [0.15, 0.2) is 0 Å². The van der Waals surface area contributed by atoms with Crippen molar-refractivity contribution in [2.75, 3.05) is 33.5 Å². The molecule has 1 rings (SSSR count). The van der Waals surface area contributed by atoms with Crippen LogP contribution in [0.4, 0.5) is 0 Å². The summed E-state index contributed by atoms with van der Waals surface area (Å²) in [7, 11) is 1.66. The lowest BCUT2D eigenvalue weighted by Crippen LogP contribution is -2.43. The molecule has 0 aromatic carbocycles. The van der Waals surface area contributed by atoms with Gasteiger partial charge in [0, 0.05) is 13.7 Å². The standard InChI is InChI=1S/C15H30N2O3/c1-11(2)10-13-15(18)17(14(16-13)12(3)4)6-7-20-9-8-19-5/h11-14,16H,6-10H2,1-5H3. The van der Waals surface area contributed by atoms with Crippen LogP contribution in [0.3, 0.4) is 0 Å². The maximum Gasteiger partial charge on any atom is 0.241 e. The van der Waals surface area contributed by atoms with Gasteiger partial charge in [0.25, 0.3) is 0 Å². The maximum atomic E-state index is 12.5. The number of amides is 1. The van der Waals surface area contributed by atoms with Crippen molar-refractivity contribution in [1.29, 1.82) is 0 Å². The zero-order valence-electron chi connectivity index (χ0n) is 13.5. The Morgan fingerprint density at radius 3 is 2.45 bits per heavy atom. The van der Waals surface area contributed by atoms with E-state index in [0.29, 0.717) is 38.2 Å². The van der Waals surface area contributed by atoms with E-state index in [0.717, 1.165) is 6.42 Å². The Morgan fingerprint density at radius 2 is 1.90 bits per heavy atom. The van der Waals surface area contributed by atoms with Crippen LogP contribution in [0.15, 0.2) is 0 Å². The van der Waals surface area contributed by atoms with Gasteiger partial charge in [0.1, 0.15) is 0 Å². The van der Waals surface area contributed by atoms with Crippen LogP contribution < -0.4 is 5.32 Å². The topological polar surface area (TPSA) is 50.8 Å². The van der Waals surface area contributed by atoms with E-state index >= 15 is 0 Å². The lowest BCUT2D eigenvalue weighted by Gasteiger charge is -2.27. The number of carbonyl (C=O) groups is 1. The fourth-order valence-electron chi connectivity index (χ4n) is 2.55. The van der Waals surface area contributed by atoms with Gasteiger partial charge in [-0.05, 0) is 18.3 Å². The summed E-state index contributed by atoms with van der Waals surface area (Å²) in [6, 6.07) is -0.0404. The largest absolute Gasteiger partial charge is 0.382 e. The zero-order valence-corrected chi connectivity index (χ0v) is 13.5. The molecular weight excluding hydrogens is 256 g/mol. The number of carbonyl (C=O) groups excluding carboxylic acids is 1. The number of rotatable bonds is 9. The minimum absolute atomic E-state index is 0.0404. The first-order chi connectivity index (χ1) is 9.47. The molecule has 1 heterocycles. The Labute approximate surface area is 123 Å². The second-order valence-corrected chi connectivity index (χ2v) is 6.17. The van der Waals surface area contributed by atoms with Crippen molar-refractivity contribution in [3.63, 3.8) is 0 Å². The lowest BCUT2D eigenvalue weighted by molar-refractivity contribution is -0.131. The van der Waals surface area contributed by atoms with E-state index in [1.807, 2.05) is 4.90 Å². The fraction of sp³-hybridized carbons (Fsp3) is 0.933. The number of hydrogen-bond acceptors (Lipinski definition) is 4. The van der Waals surface area contributed by atoms with Crippen LogP contribution in [0.2, 0.25) is 0 Å². The molecule has 0 aliphatic carbocycles. The van der Waals surface area contributed by atoms with Gasteiger partial charge in [0.05, 0.1) is 32.0 Å². The van der Waals surface area contributed by atoms with E-state index in [2.05, 4.69) is 33.0 Å². The van der Waals surface area contributed by atoms with Crippen molar-refractivity contribution < 1.29 is 14.3 Å². The van der Waals surface area contributed by atoms with Crippen LogP contribution in [-0.4, -0.2) is 56.5 Å². The molecule has 118 valence electrons. The normalized spacial score (nSPS) is 23.4. The summed E-state index contributed by atoms with van der Waals surface area (Å²) in [6.07, 6.45) is 1.01. The lowest BCUT2D eigenvalue weighted by atomic mass is 10.0. The molecule has 0 bridgehead atoms. The summed E-state index contributed by atoms with van der Waals surface area (Å²) in [5, 5.41) is 3.47. The Hall–Kier alpha value is -0.650. The minimum atomic E-state index is -0.0404. The molecule has 1 aliphatic rings. The Bertz CT molecular complexity index is 295. The first-order valence-electron chi connectivity index (χ1n) is 7.60. The summed E-state index contributed by atoms with van der Waals surface area (Å²) in [6.45, 7) is 11.0. The Kier molecular flexibility index (Phi) is 7.48. The first kappa shape index (κ1) is 17.4. The molecule has 0 aromatic heterocycles. The van der Waals surface area contributed by atoms with Crippen molar-refractivity contribution in [1.82, 2.24) is 10.2 Å².